The highest BCUT2D eigenvalue weighted by Gasteiger charge is 2.26. The Labute approximate surface area is 192 Å². The standard InChI is InChI=1S/C28H28N2O3/c1-17(2)27-22(21-10-9-19-7-5-6-8-20(19)13-21)14-25(23-15-33-16-24(23)27)29-12-11-26(31)30(18(3)4)28(29)32/h5-14,17-18H,15-16H2,1-4H3. The number of nitrogens with zero attached hydrogens (tertiary/aromatic N) is 2. The van der Waals surface area contributed by atoms with E-state index >= 15 is 0 Å². The van der Waals surface area contributed by atoms with E-state index in [1.807, 2.05) is 26.0 Å². The maximum Gasteiger partial charge on any atom is 0.335 e. The molecule has 0 saturated carbocycles. The van der Waals surface area contributed by atoms with Crippen LogP contribution < -0.4 is 11.2 Å². The highest BCUT2D eigenvalue weighted by Crippen LogP contribution is 2.40. The number of hydrogen-bond donors (Lipinski definition) is 0. The number of hydrogen-bond acceptors (Lipinski definition) is 3. The van der Waals surface area contributed by atoms with Crippen molar-refractivity contribution in [1.82, 2.24) is 9.13 Å². The fourth-order valence-corrected chi connectivity index (χ4v) is 4.98. The molecule has 0 unspecified atom stereocenters. The molecule has 0 bridgehead atoms. The molecule has 168 valence electrons. The lowest BCUT2D eigenvalue weighted by Crippen LogP contribution is -2.39. The molecule has 0 fully saturated rings. The molecule has 2 heterocycles. The van der Waals surface area contributed by atoms with Crippen molar-refractivity contribution in [3.8, 4) is 16.8 Å². The highest BCUT2D eigenvalue weighted by atomic mass is 16.5. The smallest absolute Gasteiger partial charge is 0.335 e. The van der Waals surface area contributed by atoms with E-state index in [1.165, 1.54) is 27.0 Å². The molecule has 0 amide bonds. The Balaban J connectivity index is 1.83. The maximum atomic E-state index is 13.4. The van der Waals surface area contributed by atoms with Gasteiger partial charge in [0, 0.05) is 23.9 Å². The molecule has 33 heavy (non-hydrogen) atoms. The van der Waals surface area contributed by atoms with Crippen LogP contribution in [-0.4, -0.2) is 9.13 Å². The van der Waals surface area contributed by atoms with Crippen molar-refractivity contribution in [2.75, 3.05) is 0 Å². The lowest BCUT2D eigenvalue weighted by atomic mass is 9.85. The number of benzene rings is 3. The van der Waals surface area contributed by atoms with Gasteiger partial charge in [-0.25, -0.2) is 4.79 Å². The highest BCUT2D eigenvalue weighted by molar-refractivity contribution is 5.88. The van der Waals surface area contributed by atoms with E-state index in [1.54, 1.807) is 10.8 Å². The second-order valence-corrected chi connectivity index (χ2v) is 9.29. The van der Waals surface area contributed by atoms with Gasteiger partial charge in [0.15, 0.2) is 0 Å². The van der Waals surface area contributed by atoms with E-state index in [0.29, 0.717) is 13.2 Å². The van der Waals surface area contributed by atoms with Crippen LogP contribution in [0.5, 0.6) is 0 Å². The summed E-state index contributed by atoms with van der Waals surface area (Å²) >= 11 is 0. The Hall–Kier alpha value is -3.44. The van der Waals surface area contributed by atoms with Crippen LogP contribution in [0.3, 0.4) is 0 Å². The second-order valence-electron chi connectivity index (χ2n) is 9.29. The first-order chi connectivity index (χ1) is 15.9. The minimum absolute atomic E-state index is 0.225. The minimum Gasteiger partial charge on any atom is -0.372 e. The van der Waals surface area contributed by atoms with E-state index in [4.69, 9.17) is 4.74 Å². The van der Waals surface area contributed by atoms with Gasteiger partial charge in [0.1, 0.15) is 0 Å². The molecular formula is C28H28N2O3. The van der Waals surface area contributed by atoms with Gasteiger partial charge >= 0.3 is 5.69 Å². The van der Waals surface area contributed by atoms with Gasteiger partial charge in [-0.2, -0.15) is 0 Å². The average Bonchev–Trinajstić information content (AvgIpc) is 3.27. The van der Waals surface area contributed by atoms with Crippen molar-refractivity contribution in [2.45, 2.75) is 52.9 Å². The third-order valence-electron chi connectivity index (χ3n) is 6.49. The van der Waals surface area contributed by atoms with E-state index in [2.05, 4.69) is 50.2 Å². The molecule has 0 aliphatic carbocycles. The van der Waals surface area contributed by atoms with Crippen LogP contribution >= 0.6 is 0 Å². The molecule has 0 N–H and O–H groups in total. The molecule has 0 atom stereocenters. The van der Waals surface area contributed by atoms with Crippen LogP contribution in [0.1, 0.15) is 56.3 Å². The van der Waals surface area contributed by atoms with E-state index in [0.717, 1.165) is 27.9 Å². The summed E-state index contributed by atoms with van der Waals surface area (Å²) in [6.45, 7) is 9.07. The lowest BCUT2D eigenvalue weighted by molar-refractivity contribution is 0.134. The van der Waals surface area contributed by atoms with Crippen molar-refractivity contribution < 1.29 is 4.74 Å². The summed E-state index contributed by atoms with van der Waals surface area (Å²) in [6, 6.07) is 18.2. The SMILES string of the molecule is CC(C)c1c(-c2ccc3ccccc3c2)cc(-n2ccc(=O)n(C(C)C)c2=O)c2c1COC2. The van der Waals surface area contributed by atoms with Gasteiger partial charge in [-0.1, -0.05) is 50.2 Å². The molecular weight excluding hydrogens is 412 g/mol. The van der Waals surface area contributed by atoms with Crippen molar-refractivity contribution in [3.63, 3.8) is 0 Å². The summed E-state index contributed by atoms with van der Waals surface area (Å²) in [5, 5.41) is 2.37. The van der Waals surface area contributed by atoms with Gasteiger partial charge in [-0.15, -0.1) is 0 Å². The Morgan fingerprint density at radius 1 is 0.848 bits per heavy atom. The number of aromatic nitrogens is 2. The monoisotopic (exact) mass is 440 g/mol. The largest absolute Gasteiger partial charge is 0.372 e. The van der Waals surface area contributed by atoms with E-state index in [-0.39, 0.29) is 23.2 Å². The first kappa shape index (κ1) is 21.4. The van der Waals surface area contributed by atoms with E-state index < -0.39 is 0 Å². The molecule has 1 aliphatic rings. The van der Waals surface area contributed by atoms with Gasteiger partial charge < -0.3 is 4.74 Å². The first-order valence-corrected chi connectivity index (χ1v) is 11.5. The van der Waals surface area contributed by atoms with Gasteiger partial charge in [0.25, 0.3) is 5.56 Å². The van der Waals surface area contributed by atoms with Gasteiger partial charge in [-0.05, 0) is 64.9 Å². The normalized spacial score (nSPS) is 13.3. The fourth-order valence-electron chi connectivity index (χ4n) is 4.98. The van der Waals surface area contributed by atoms with Crippen LogP contribution in [0.25, 0.3) is 27.6 Å². The molecule has 5 rings (SSSR count). The molecule has 4 aromatic rings. The molecule has 3 aromatic carbocycles. The summed E-state index contributed by atoms with van der Waals surface area (Å²) in [7, 11) is 0. The second kappa shape index (κ2) is 8.16. The van der Waals surface area contributed by atoms with Crippen LogP contribution in [0.4, 0.5) is 0 Å². The molecule has 5 nitrogen and oxygen atoms in total. The molecule has 1 aromatic heterocycles. The van der Waals surface area contributed by atoms with Crippen LogP contribution in [0, 0.1) is 0 Å². The number of fused-ring (bicyclic) bond motifs is 2. The predicted molar refractivity (Wildman–Crippen MR) is 132 cm³/mol. The van der Waals surface area contributed by atoms with Crippen molar-refractivity contribution in [1.29, 1.82) is 0 Å². The fraction of sp³-hybridized carbons (Fsp3) is 0.286. The zero-order valence-corrected chi connectivity index (χ0v) is 19.5. The lowest BCUT2D eigenvalue weighted by Gasteiger charge is -2.22. The Morgan fingerprint density at radius 2 is 1.58 bits per heavy atom. The molecule has 0 saturated heterocycles. The third-order valence-corrected chi connectivity index (χ3v) is 6.49. The van der Waals surface area contributed by atoms with Gasteiger partial charge in [-0.3, -0.25) is 13.9 Å². The van der Waals surface area contributed by atoms with Crippen molar-refractivity contribution in [3.05, 3.63) is 98.3 Å². The van der Waals surface area contributed by atoms with Crippen LogP contribution in [0.2, 0.25) is 0 Å². The number of ether oxygens (including phenoxy) is 1. The van der Waals surface area contributed by atoms with Gasteiger partial charge in [0.05, 0.1) is 18.9 Å². The summed E-state index contributed by atoms with van der Waals surface area (Å²) < 4.78 is 8.79. The zero-order chi connectivity index (χ0) is 23.3. The van der Waals surface area contributed by atoms with Crippen LogP contribution in [-0.2, 0) is 18.0 Å². The summed E-state index contributed by atoms with van der Waals surface area (Å²) in [5.41, 5.74) is 5.82. The van der Waals surface area contributed by atoms with Crippen molar-refractivity contribution >= 4 is 10.8 Å². The van der Waals surface area contributed by atoms with E-state index in [9.17, 15) is 9.59 Å². The summed E-state index contributed by atoms with van der Waals surface area (Å²) in [6.07, 6.45) is 1.59. The molecule has 0 radical (unpaired) electrons. The first-order valence-electron chi connectivity index (χ1n) is 11.5. The zero-order valence-electron chi connectivity index (χ0n) is 19.5. The average molecular weight is 441 g/mol. The molecule has 0 spiro atoms. The van der Waals surface area contributed by atoms with Crippen molar-refractivity contribution in [2.24, 2.45) is 0 Å². The molecule has 1 aliphatic heterocycles. The quantitative estimate of drug-likeness (QED) is 0.418. The topological polar surface area (TPSA) is 53.2 Å². The Kier molecular flexibility index (Phi) is 5.29. The Morgan fingerprint density at radius 3 is 2.30 bits per heavy atom. The minimum atomic E-state index is -0.326. The molecule has 5 heteroatoms. The summed E-state index contributed by atoms with van der Waals surface area (Å²) in [4.78, 5) is 25.7. The predicted octanol–water partition coefficient (Wildman–Crippen LogP) is 5.55. The number of rotatable bonds is 4. The Bertz CT molecular complexity index is 1490. The van der Waals surface area contributed by atoms with Gasteiger partial charge in [0.2, 0.25) is 0 Å². The third kappa shape index (κ3) is 3.53. The summed E-state index contributed by atoms with van der Waals surface area (Å²) in [5.74, 6) is 0.289. The van der Waals surface area contributed by atoms with Crippen LogP contribution in [0.15, 0.2) is 70.4 Å². The maximum absolute atomic E-state index is 13.4.